The highest BCUT2D eigenvalue weighted by Crippen LogP contribution is 2.48. The van der Waals surface area contributed by atoms with Crippen LogP contribution in [0.3, 0.4) is 0 Å². The van der Waals surface area contributed by atoms with Crippen LogP contribution >= 0.6 is 11.3 Å². The van der Waals surface area contributed by atoms with Gasteiger partial charge in [0.25, 0.3) is 0 Å². The number of hydrogen-bond acceptors (Lipinski definition) is 10. The first-order valence-corrected chi connectivity index (χ1v) is 37.2. The molecule has 10 heteroatoms. The summed E-state index contributed by atoms with van der Waals surface area (Å²) in [7, 11) is 0. The Morgan fingerprint density at radius 1 is 0.269 bits per heavy atom. The van der Waals surface area contributed by atoms with Crippen molar-refractivity contribution in [1.29, 1.82) is 0 Å². The van der Waals surface area contributed by atoms with E-state index in [-0.39, 0.29) is 0 Å². The van der Waals surface area contributed by atoms with E-state index in [1.54, 1.807) is 0 Å². The molecule has 0 bridgehead atoms. The van der Waals surface area contributed by atoms with Crippen LogP contribution in [0.25, 0.3) is 207 Å². The molecule has 1 N–H and O–H groups in total. The summed E-state index contributed by atoms with van der Waals surface area (Å²) in [6, 6.07) is 116. The van der Waals surface area contributed by atoms with Crippen molar-refractivity contribution < 1.29 is 13.3 Å². The minimum atomic E-state index is -0.519. The monoisotopic (exact) mass is 1400 g/mol. The van der Waals surface area contributed by atoms with E-state index >= 15 is 0 Å². The Kier molecular flexibility index (Phi) is 13.2. The molecule has 9 nitrogen and oxygen atoms in total. The van der Waals surface area contributed by atoms with Gasteiger partial charge >= 0.3 is 0 Å². The summed E-state index contributed by atoms with van der Waals surface area (Å²) in [6.45, 7) is 0. The number of nitrogens with one attached hydrogen (secondary N) is 1. The first kappa shape index (κ1) is 60.2. The van der Waals surface area contributed by atoms with Crippen LogP contribution in [0.2, 0.25) is 0 Å². The van der Waals surface area contributed by atoms with Gasteiger partial charge in [0.2, 0.25) is 0 Å². The molecule has 0 fully saturated rings. The summed E-state index contributed by atoms with van der Waals surface area (Å²) in [6.07, 6.45) is -0.519. The first-order valence-electron chi connectivity index (χ1n) is 36.4. The number of thiophene rings is 1. The van der Waals surface area contributed by atoms with Crippen molar-refractivity contribution in [2.75, 3.05) is 0 Å². The second kappa shape index (κ2) is 23.7. The number of hydrogen-bond donors (Lipinski definition) is 1. The quantitative estimate of drug-likeness (QED) is 0.143. The Morgan fingerprint density at radius 2 is 0.787 bits per heavy atom. The molecule has 1 unspecified atom stereocenters. The van der Waals surface area contributed by atoms with Crippen LogP contribution < -0.4 is 5.32 Å². The zero-order valence-corrected chi connectivity index (χ0v) is 58.4. The van der Waals surface area contributed by atoms with Gasteiger partial charge in [-0.05, 0) is 144 Å². The molecular formula is C98H56N6O3S. The van der Waals surface area contributed by atoms with Crippen LogP contribution in [-0.2, 0) is 0 Å². The topological polar surface area (TPSA) is 115 Å². The standard InChI is InChI=1S/C98H56N6O3S/c1-3-19-57(20-4-1)93-99-95(63-39-36-56-35-34-55-18-7-8-23-64(55)80(56)52-63)103-96(100-93)78-48-44-66(91-88(78)76-27-11-14-31-83(76)105-91)61-40-42-71-75-47-46-70-65(29-17-30-74(70)90(75)107-85(71)53-61)59-37-38-60-51-82(69-25-10-9-24-68(69)81(60)50-59)98-102-94(58-21-5-2-6-22-58)101-97(104-98)79-49-45-67(92-89(79)77-28-12-15-32-84(77)106-92)62-41-43-73-72-26-13-16-33-86(72)108-87(73)54-62/h1-54,97H,(H,101,102,104). The normalized spacial score (nSPS) is 13.5. The summed E-state index contributed by atoms with van der Waals surface area (Å²) >= 11 is 1.82. The Morgan fingerprint density at radius 3 is 1.60 bits per heavy atom. The van der Waals surface area contributed by atoms with Gasteiger partial charge in [-0.3, -0.25) is 0 Å². The third-order valence-corrected chi connectivity index (χ3v) is 23.1. The Bertz CT molecular complexity index is 7680. The number of aromatic nitrogens is 3. The molecule has 0 saturated carbocycles. The highest BCUT2D eigenvalue weighted by molar-refractivity contribution is 7.25. The summed E-state index contributed by atoms with van der Waals surface area (Å²) in [5.74, 6) is 3.12. The van der Waals surface area contributed by atoms with Crippen LogP contribution in [0.4, 0.5) is 0 Å². The maximum Gasteiger partial charge on any atom is 0.164 e. The van der Waals surface area contributed by atoms with Crippen molar-refractivity contribution in [2.24, 2.45) is 9.98 Å². The average molecular weight is 1400 g/mol. The number of furan rings is 3. The molecule has 0 saturated heterocycles. The van der Waals surface area contributed by atoms with Crippen LogP contribution in [0, 0.1) is 0 Å². The number of rotatable bonds is 9. The molecule has 502 valence electrons. The summed E-state index contributed by atoms with van der Waals surface area (Å²) in [5.41, 5.74) is 16.6. The Labute approximate surface area is 620 Å². The number of nitrogens with zero attached hydrogens (tertiary/aromatic N) is 5. The highest BCUT2D eigenvalue weighted by Gasteiger charge is 2.29. The molecule has 0 aliphatic carbocycles. The minimum absolute atomic E-state index is 0.519. The fourth-order valence-electron chi connectivity index (χ4n) is 16.9. The Hall–Kier alpha value is -14.2. The van der Waals surface area contributed by atoms with Crippen LogP contribution in [0.15, 0.2) is 351 Å². The number of para-hydroxylation sites is 2. The molecule has 1 atom stereocenters. The van der Waals surface area contributed by atoms with Gasteiger partial charge in [0, 0.05) is 102 Å². The second-order valence-corrected chi connectivity index (χ2v) is 29.1. The van der Waals surface area contributed by atoms with Crippen LogP contribution in [0.5, 0.6) is 0 Å². The fourth-order valence-corrected chi connectivity index (χ4v) is 18.0. The van der Waals surface area contributed by atoms with E-state index in [1.165, 1.54) is 30.9 Å². The fraction of sp³-hybridized carbons (Fsp3) is 0.0102. The van der Waals surface area contributed by atoms with Crippen LogP contribution in [0.1, 0.15) is 22.9 Å². The lowest BCUT2D eigenvalue weighted by atomic mass is 9.91. The smallest absolute Gasteiger partial charge is 0.164 e. The van der Waals surface area contributed by atoms with Gasteiger partial charge in [0.15, 0.2) is 23.3 Å². The van der Waals surface area contributed by atoms with E-state index in [0.29, 0.717) is 23.3 Å². The van der Waals surface area contributed by atoms with E-state index in [9.17, 15) is 0 Å². The van der Waals surface area contributed by atoms with Crippen molar-refractivity contribution in [3.05, 3.63) is 344 Å². The van der Waals surface area contributed by atoms with Gasteiger partial charge in [0.1, 0.15) is 45.5 Å². The van der Waals surface area contributed by atoms with Crippen molar-refractivity contribution in [1.82, 2.24) is 20.3 Å². The van der Waals surface area contributed by atoms with Gasteiger partial charge in [-0.25, -0.2) is 24.9 Å². The summed E-state index contributed by atoms with van der Waals surface area (Å²) in [4.78, 5) is 26.7. The van der Waals surface area contributed by atoms with E-state index in [1.807, 2.05) is 78.1 Å². The first-order chi connectivity index (χ1) is 53.5. The van der Waals surface area contributed by atoms with Crippen molar-refractivity contribution >= 4 is 163 Å². The number of benzene rings is 17. The summed E-state index contributed by atoms with van der Waals surface area (Å²) < 4.78 is 23.5. The SMILES string of the molecule is c1ccc(C2=NC(c3ccc(-c4ccc5c(c4)sc4ccccc45)c4oc5ccccc5c34)NC(c3cc4ccc(-c5cccc6c5ccc5c7ccc(-c8ccc(-c9nc(-c%10ccccc%10)nc(-c%10ccc%11ccc%12ccccc%12c%11c%10)n9)c9c8oc8ccccc89)cc7oc65)cc4c4ccccc34)=N2)cc1. The number of aliphatic imine (C=N–C) groups is 2. The maximum absolute atomic E-state index is 7.11. The molecule has 0 spiro atoms. The van der Waals surface area contributed by atoms with Gasteiger partial charge in [0.05, 0.1) is 0 Å². The molecule has 17 aromatic carbocycles. The predicted molar refractivity (Wildman–Crippen MR) is 447 cm³/mol. The maximum atomic E-state index is 7.11. The van der Waals surface area contributed by atoms with Gasteiger partial charge in [-0.15, -0.1) is 11.3 Å². The molecule has 5 aromatic heterocycles. The predicted octanol–water partition coefficient (Wildman–Crippen LogP) is 26.2. The van der Waals surface area contributed by atoms with Gasteiger partial charge < -0.3 is 18.6 Å². The van der Waals surface area contributed by atoms with Crippen LogP contribution in [-0.4, -0.2) is 26.6 Å². The van der Waals surface area contributed by atoms with Crippen molar-refractivity contribution in [2.45, 2.75) is 6.17 Å². The zero-order chi connectivity index (χ0) is 70.7. The minimum Gasteiger partial charge on any atom is -0.455 e. The third-order valence-electron chi connectivity index (χ3n) is 22.0. The van der Waals surface area contributed by atoms with E-state index < -0.39 is 6.17 Å². The van der Waals surface area contributed by atoms with E-state index in [4.69, 9.17) is 38.2 Å². The van der Waals surface area contributed by atoms with E-state index in [0.717, 1.165) is 182 Å². The molecule has 23 rings (SSSR count). The lowest BCUT2D eigenvalue weighted by Gasteiger charge is -2.25. The van der Waals surface area contributed by atoms with E-state index in [2.05, 4.69) is 266 Å². The molecular weight excluding hydrogens is 1340 g/mol. The average Bonchev–Trinajstić information content (AvgIpc) is 1.47. The molecule has 108 heavy (non-hydrogen) atoms. The molecule has 0 amide bonds. The molecule has 6 heterocycles. The lowest BCUT2D eigenvalue weighted by molar-refractivity contribution is 0.663. The zero-order valence-electron chi connectivity index (χ0n) is 57.6. The molecule has 22 aromatic rings. The number of amidine groups is 2. The molecule has 0 radical (unpaired) electrons. The Balaban J connectivity index is 0.608. The van der Waals surface area contributed by atoms with Crippen molar-refractivity contribution in [3.8, 4) is 67.5 Å². The molecule has 1 aliphatic heterocycles. The molecule has 1 aliphatic rings. The highest BCUT2D eigenvalue weighted by atomic mass is 32.1. The summed E-state index contributed by atoms with van der Waals surface area (Å²) in [5, 5.41) is 23.7. The van der Waals surface area contributed by atoms with Gasteiger partial charge in [-0.2, -0.15) is 0 Å². The van der Waals surface area contributed by atoms with Crippen molar-refractivity contribution in [3.63, 3.8) is 0 Å². The third kappa shape index (κ3) is 9.47. The number of fused-ring (bicyclic) bond motifs is 20. The second-order valence-electron chi connectivity index (χ2n) is 28.1. The lowest BCUT2D eigenvalue weighted by Crippen LogP contribution is -2.33. The van der Waals surface area contributed by atoms with Gasteiger partial charge in [-0.1, -0.05) is 255 Å². The largest absolute Gasteiger partial charge is 0.455 e.